The van der Waals surface area contributed by atoms with E-state index in [1.807, 2.05) is 12.1 Å². The van der Waals surface area contributed by atoms with Gasteiger partial charge in [0.15, 0.2) is 0 Å². The van der Waals surface area contributed by atoms with Crippen molar-refractivity contribution in [3.8, 4) is 5.88 Å². The Balaban J connectivity index is 1.45. The summed E-state index contributed by atoms with van der Waals surface area (Å²) in [6.07, 6.45) is 6.58. The van der Waals surface area contributed by atoms with Crippen LogP contribution in [0.5, 0.6) is 5.88 Å². The fourth-order valence-electron chi connectivity index (χ4n) is 2.90. The third-order valence-electron chi connectivity index (χ3n) is 3.93. The lowest BCUT2D eigenvalue weighted by molar-refractivity contribution is 0.0400. The normalized spacial score (nSPS) is 29.8. The molecule has 0 atom stereocenters. The van der Waals surface area contributed by atoms with E-state index in [0.717, 1.165) is 25.9 Å². The highest BCUT2D eigenvalue weighted by Crippen LogP contribution is 2.28. The first-order valence-corrected chi connectivity index (χ1v) is 6.75. The van der Waals surface area contributed by atoms with Crippen molar-refractivity contribution >= 4 is 0 Å². The number of aromatic nitrogens is 2. The van der Waals surface area contributed by atoms with Gasteiger partial charge in [0.2, 0.25) is 5.88 Å². The molecule has 98 valence electrons. The smallest absolute Gasteiger partial charge is 0.233 e. The fourth-order valence-corrected chi connectivity index (χ4v) is 2.90. The van der Waals surface area contributed by atoms with E-state index >= 15 is 0 Å². The lowest BCUT2D eigenvalue weighted by Crippen LogP contribution is -2.60. The van der Waals surface area contributed by atoms with Crippen LogP contribution in [0, 0.1) is 0 Å². The van der Waals surface area contributed by atoms with Gasteiger partial charge in [-0.1, -0.05) is 0 Å². The minimum atomic E-state index is 0.299. The summed E-state index contributed by atoms with van der Waals surface area (Å²) in [5.41, 5.74) is 5.82. The van der Waals surface area contributed by atoms with E-state index in [0.29, 0.717) is 24.1 Å². The number of ether oxygens (including phenoxy) is 1. The molecule has 0 bridgehead atoms. The quantitative estimate of drug-likeness (QED) is 0.857. The molecule has 2 N–H and O–H groups in total. The summed E-state index contributed by atoms with van der Waals surface area (Å²) >= 11 is 0. The van der Waals surface area contributed by atoms with E-state index in [-0.39, 0.29) is 0 Å². The maximum Gasteiger partial charge on any atom is 0.233 e. The maximum absolute atomic E-state index is 5.84. The summed E-state index contributed by atoms with van der Waals surface area (Å²) < 4.78 is 5.84. The molecule has 3 rings (SSSR count). The molecule has 2 heterocycles. The van der Waals surface area contributed by atoms with Gasteiger partial charge in [0, 0.05) is 37.4 Å². The Morgan fingerprint density at radius 1 is 1.22 bits per heavy atom. The number of hydrogen-bond donors (Lipinski definition) is 1. The number of rotatable bonds is 3. The van der Waals surface area contributed by atoms with E-state index in [4.69, 9.17) is 10.5 Å². The van der Waals surface area contributed by atoms with Crippen molar-refractivity contribution in [2.45, 2.75) is 43.9 Å². The molecule has 2 fully saturated rings. The molecule has 5 heteroatoms. The number of hydrogen-bond acceptors (Lipinski definition) is 5. The third-order valence-corrected chi connectivity index (χ3v) is 3.93. The lowest BCUT2D eigenvalue weighted by atomic mass is 9.89. The van der Waals surface area contributed by atoms with Gasteiger partial charge in [-0.05, 0) is 31.7 Å². The predicted molar refractivity (Wildman–Crippen MR) is 68.3 cm³/mol. The predicted octanol–water partition coefficient (Wildman–Crippen LogP) is 0.809. The Kier molecular flexibility index (Phi) is 3.43. The zero-order valence-electron chi connectivity index (χ0n) is 10.5. The molecule has 1 aromatic rings. The van der Waals surface area contributed by atoms with E-state index in [2.05, 4.69) is 15.1 Å². The summed E-state index contributed by atoms with van der Waals surface area (Å²) in [5, 5.41) is 7.79. The zero-order chi connectivity index (χ0) is 12.4. The van der Waals surface area contributed by atoms with E-state index < -0.39 is 0 Å². The van der Waals surface area contributed by atoms with Crippen LogP contribution in [-0.2, 0) is 0 Å². The van der Waals surface area contributed by atoms with Crippen molar-refractivity contribution in [2.75, 3.05) is 13.1 Å². The van der Waals surface area contributed by atoms with Gasteiger partial charge < -0.3 is 10.5 Å². The Labute approximate surface area is 107 Å². The number of likely N-dealkylation sites (tertiary alicyclic amines) is 1. The summed E-state index contributed by atoms with van der Waals surface area (Å²) in [6.45, 7) is 2.14. The van der Waals surface area contributed by atoms with Crippen molar-refractivity contribution in [3.63, 3.8) is 0 Å². The highest BCUT2D eigenvalue weighted by Gasteiger charge is 2.33. The topological polar surface area (TPSA) is 64.3 Å². The SMILES string of the molecule is NC1CN(C2CCC(Oc3cccnn3)CC2)C1. The molecule has 1 aliphatic carbocycles. The monoisotopic (exact) mass is 248 g/mol. The Morgan fingerprint density at radius 3 is 2.61 bits per heavy atom. The van der Waals surface area contributed by atoms with Gasteiger partial charge in [-0.25, -0.2) is 0 Å². The highest BCUT2D eigenvalue weighted by molar-refractivity contribution is 5.06. The van der Waals surface area contributed by atoms with Crippen LogP contribution in [0.25, 0.3) is 0 Å². The fraction of sp³-hybridized carbons (Fsp3) is 0.692. The first-order valence-electron chi connectivity index (χ1n) is 6.75. The van der Waals surface area contributed by atoms with Crippen molar-refractivity contribution in [2.24, 2.45) is 5.73 Å². The molecule has 0 aromatic carbocycles. The van der Waals surface area contributed by atoms with Gasteiger partial charge in [0.05, 0.1) is 0 Å². The molecule has 1 saturated heterocycles. The van der Waals surface area contributed by atoms with E-state index in [1.165, 1.54) is 12.8 Å². The second-order valence-electron chi connectivity index (χ2n) is 5.32. The Morgan fingerprint density at radius 2 is 2.00 bits per heavy atom. The van der Waals surface area contributed by atoms with Crippen molar-refractivity contribution in [1.29, 1.82) is 0 Å². The molecule has 1 aliphatic heterocycles. The van der Waals surface area contributed by atoms with Gasteiger partial charge >= 0.3 is 0 Å². The third kappa shape index (κ3) is 2.62. The minimum Gasteiger partial charge on any atom is -0.473 e. The zero-order valence-corrected chi connectivity index (χ0v) is 10.5. The van der Waals surface area contributed by atoms with Crippen molar-refractivity contribution < 1.29 is 4.74 Å². The summed E-state index contributed by atoms with van der Waals surface area (Å²) in [7, 11) is 0. The molecule has 18 heavy (non-hydrogen) atoms. The summed E-state index contributed by atoms with van der Waals surface area (Å²) in [6, 6.07) is 4.84. The van der Waals surface area contributed by atoms with Crippen LogP contribution in [0.4, 0.5) is 0 Å². The minimum absolute atomic E-state index is 0.299. The molecule has 1 saturated carbocycles. The molecule has 5 nitrogen and oxygen atoms in total. The largest absolute Gasteiger partial charge is 0.473 e. The summed E-state index contributed by atoms with van der Waals surface area (Å²) in [4.78, 5) is 2.50. The van der Waals surface area contributed by atoms with Crippen LogP contribution in [0.3, 0.4) is 0 Å². The summed E-state index contributed by atoms with van der Waals surface area (Å²) in [5.74, 6) is 0.645. The molecule has 0 unspecified atom stereocenters. The second-order valence-corrected chi connectivity index (χ2v) is 5.32. The number of nitrogens with two attached hydrogens (primary N) is 1. The number of nitrogens with zero attached hydrogens (tertiary/aromatic N) is 3. The average Bonchev–Trinajstić information content (AvgIpc) is 2.38. The highest BCUT2D eigenvalue weighted by atomic mass is 16.5. The Bertz CT molecular complexity index is 372. The molecule has 2 aliphatic rings. The first-order chi connectivity index (χ1) is 8.81. The molecular formula is C13H20N4O. The average molecular weight is 248 g/mol. The molecule has 0 radical (unpaired) electrons. The van der Waals surface area contributed by atoms with Gasteiger partial charge in [-0.15, -0.1) is 5.10 Å². The van der Waals surface area contributed by atoms with Crippen molar-refractivity contribution in [1.82, 2.24) is 15.1 Å². The lowest BCUT2D eigenvalue weighted by Gasteiger charge is -2.45. The molecule has 1 aromatic heterocycles. The van der Waals surface area contributed by atoms with Gasteiger partial charge in [-0.2, -0.15) is 5.10 Å². The van der Waals surface area contributed by atoms with Crippen molar-refractivity contribution in [3.05, 3.63) is 18.3 Å². The van der Waals surface area contributed by atoms with E-state index in [9.17, 15) is 0 Å². The molecule has 0 amide bonds. The molecule has 0 spiro atoms. The van der Waals surface area contributed by atoms with Gasteiger partial charge in [0.1, 0.15) is 6.10 Å². The van der Waals surface area contributed by atoms with Crippen LogP contribution in [0.2, 0.25) is 0 Å². The van der Waals surface area contributed by atoms with Crippen LogP contribution >= 0.6 is 0 Å². The van der Waals surface area contributed by atoms with E-state index in [1.54, 1.807) is 6.20 Å². The molecular weight excluding hydrogens is 228 g/mol. The maximum atomic E-state index is 5.84. The first kappa shape index (κ1) is 11.9. The van der Waals surface area contributed by atoms with Gasteiger partial charge in [-0.3, -0.25) is 4.90 Å². The second kappa shape index (κ2) is 5.20. The Hall–Kier alpha value is -1.20. The standard InChI is InChI=1S/C13H20N4O/c14-10-8-17(9-10)11-3-5-12(6-4-11)18-13-2-1-7-15-16-13/h1-2,7,10-12H,3-6,8-9,14H2. The van der Waals surface area contributed by atoms with Crippen LogP contribution < -0.4 is 10.5 Å². The van der Waals surface area contributed by atoms with Gasteiger partial charge in [0.25, 0.3) is 0 Å². The van der Waals surface area contributed by atoms with Crippen LogP contribution in [-0.4, -0.2) is 46.4 Å². The van der Waals surface area contributed by atoms with Crippen LogP contribution in [0.15, 0.2) is 18.3 Å². The van der Waals surface area contributed by atoms with Crippen LogP contribution in [0.1, 0.15) is 25.7 Å².